The van der Waals surface area contributed by atoms with E-state index in [4.69, 9.17) is 4.74 Å². The lowest BCUT2D eigenvalue weighted by atomic mass is 9.97. The zero-order chi connectivity index (χ0) is 14.2. The molecule has 0 saturated heterocycles. The summed E-state index contributed by atoms with van der Waals surface area (Å²) in [6.07, 6.45) is 2.15. The Hall–Kier alpha value is -1.83. The Morgan fingerprint density at radius 2 is 1.53 bits per heavy atom. The molecule has 2 rings (SSSR count). The first-order valence-corrected chi connectivity index (χ1v) is 6.56. The van der Waals surface area contributed by atoms with Crippen molar-refractivity contribution in [1.29, 1.82) is 0 Å². The Balaban J connectivity index is 2.79. The topological polar surface area (TPSA) is 13.1 Å². The fourth-order valence-electron chi connectivity index (χ4n) is 2.86. The number of pyridine rings is 1. The first-order valence-electron chi connectivity index (χ1n) is 6.56. The molecule has 2 nitrogen and oxygen atoms in total. The molecular weight excluding hydrogens is 234 g/mol. The Bertz CT molecular complexity index is 606. The maximum absolute atomic E-state index is 5.59. The third-order valence-electron chi connectivity index (χ3n) is 3.47. The van der Waals surface area contributed by atoms with Crippen LogP contribution in [0.25, 0.3) is 11.3 Å². The zero-order valence-electron chi connectivity index (χ0n) is 12.7. The highest BCUT2D eigenvalue weighted by Gasteiger charge is 2.21. The average molecular weight is 256 g/mol. The van der Waals surface area contributed by atoms with Gasteiger partial charge in [-0.15, -0.1) is 0 Å². The molecule has 0 atom stereocenters. The third-order valence-corrected chi connectivity index (χ3v) is 3.47. The van der Waals surface area contributed by atoms with Crippen LogP contribution in [-0.2, 0) is 7.05 Å². The largest absolute Gasteiger partial charge is 0.496 e. The number of aryl methyl sites for hydroxylation is 5. The standard InChI is InChI=1S/C17H22NO/c1-11-7-13(3)16(15(9-11)19-6)17-14(4)8-12(2)10-18(17)5/h7-10H,1-6H3/q+1. The molecule has 0 saturated carbocycles. The van der Waals surface area contributed by atoms with Crippen LogP contribution in [0.1, 0.15) is 22.3 Å². The van der Waals surface area contributed by atoms with E-state index in [1.165, 1.54) is 33.5 Å². The summed E-state index contributed by atoms with van der Waals surface area (Å²) >= 11 is 0. The molecule has 2 heteroatoms. The SMILES string of the molecule is COc1cc(C)cc(C)c1-c1c(C)cc(C)c[n+]1C. The molecule has 0 fully saturated rings. The van der Waals surface area contributed by atoms with Gasteiger partial charge in [-0.1, -0.05) is 6.07 Å². The van der Waals surface area contributed by atoms with E-state index in [-0.39, 0.29) is 0 Å². The molecule has 1 aromatic heterocycles. The second-order valence-electron chi connectivity index (χ2n) is 5.32. The van der Waals surface area contributed by atoms with Crippen molar-refractivity contribution in [3.05, 3.63) is 46.6 Å². The Morgan fingerprint density at radius 1 is 0.895 bits per heavy atom. The molecule has 100 valence electrons. The summed E-state index contributed by atoms with van der Waals surface area (Å²) in [5.41, 5.74) is 7.43. The number of aromatic nitrogens is 1. The van der Waals surface area contributed by atoms with Gasteiger partial charge in [0.1, 0.15) is 12.8 Å². The van der Waals surface area contributed by atoms with E-state index in [1.54, 1.807) is 7.11 Å². The van der Waals surface area contributed by atoms with Crippen LogP contribution in [0, 0.1) is 27.7 Å². The van der Waals surface area contributed by atoms with Crippen LogP contribution in [0.4, 0.5) is 0 Å². The summed E-state index contributed by atoms with van der Waals surface area (Å²) in [4.78, 5) is 0. The van der Waals surface area contributed by atoms with Gasteiger partial charge in [-0.25, -0.2) is 4.57 Å². The highest BCUT2D eigenvalue weighted by Crippen LogP contribution is 2.34. The minimum atomic E-state index is 0.944. The zero-order valence-corrected chi connectivity index (χ0v) is 12.7. The van der Waals surface area contributed by atoms with Crippen LogP contribution in [0.15, 0.2) is 24.4 Å². The van der Waals surface area contributed by atoms with Crippen LogP contribution in [0.2, 0.25) is 0 Å². The first-order chi connectivity index (χ1) is 8.93. The molecule has 0 amide bonds. The summed E-state index contributed by atoms with van der Waals surface area (Å²) < 4.78 is 7.77. The number of nitrogens with zero attached hydrogens (tertiary/aromatic N) is 1. The lowest BCUT2D eigenvalue weighted by Gasteiger charge is -2.13. The average Bonchev–Trinajstić information content (AvgIpc) is 2.29. The molecule has 2 aromatic rings. The second-order valence-corrected chi connectivity index (χ2v) is 5.32. The van der Waals surface area contributed by atoms with Crippen molar-refractivity contribution < 1.29 is 9.30 Å². The van der Waals surface area contributed by atoms with Crippen molar-refractivity contribution >= 4 is 0 Å². The maximum atomic E-state index is 5.59. The number of benzene rings is 1. The second kappa shape index (κ2) is 5.04. The molecular formula is C17H22NO+. The molecule has 0 unspecified atom stereocenters. The molecule has 0 aliphatic heterocycles. The van der Waals surface area contributed by atoms with Crippen molar-refractivity contribution in [2.75, 3.05) is 7.11 Å². The van der Waals surface area contributed by atoms with Gasteiger partial charge < -0.3 is 4.74 Å². The van der Waals surface area contributed by atoms with Gasteiger partial charge in [0.05, 0.1) is 12.7 Å². The van der Waals surface area contributed by atoms with E-state index < -0.39 is 0 Å². The Morgan fingerprint density at radius 3 is 2.11 bits per heavy atom. The van der Waals surface area contributed by atoms with E-state index in [0.717, 1.165) is 5.75 Å². The number of ether oxygens (including phenoxy) is 1. The van der Waals surface area contributed by atoms with Crippen molar-refractivity contribution in [2.24, 2.45) is 7.05 Å². The predicted molar refractivity (Wildman–Crippen MR) is 78.6 cm³/mol. The van der Waals surface area contributed by atoms with E-state index in [9.17, 15) is 0 Å². The van der Waals surface area contributed by atoms with Gasteiger partial charge >= 0.3 is 0 Å². The van der Waals surface area contributed by atoms with Gasteiger partial charge in [0.15, 0.2) is 6.20 Å². The lowest BCUT2D eigenvalue weighted by Crippen LogP contribution is -2.32. The monoisotopic (exact) mass is 256 g/mol. The fraction of sp³-hybridized carbons (Fsp3) is 0.353. The molecule has 0 bridgehead atoms. The maximum Gasteiger partial charge on any atom is 0.219 e. The van der Waals surface area contributed by atoms with Crippen LogP contribution in [0.3, 0.4) is 0 Å². The molecule has 0 N–H and O–H groups in total. The normalized spacial score (nSPS) is 10.6. The van der Waals surface area contributed by atoms with Gasteiger partial charge in [0.25, 0.3) is 0 Å². The molecule has 0 spiro atoms. The molecule has 19 heavy (non-hydrogen) atoms. The predicted octanol–water partition coefficient (Wildman–Crippen LogP) is 3.42. The number of hydrogen-bond acceptors (Lipinski definition) is 1. The van der Waals surface area contributed by atoms with Gasteiger partial charge in [0, 0.05) is 11.1 Å². The van der Waals surface area contributed by atoms with E-state index >= 15 is 0 Å². The van der Waals surface area contributed by atoms with E-state index in [2.05, 4.69) is 63.7 Å². The van der Waals surface area contributed by atoms with E-state index in [0.29, 0.717) is 0 Å². The van der Waals surface area contributed by atoms with Crippen LogP contribution in [0.5, 0.6) is 5.75 Å². The van der Waals surface area contributed by atoms with Crippen LogP contribution >= 0.6 is 0 Å². The fourth-order valence-corrected chi connectivity index (χ4v) is 2.86. The molecule has 0 aliphatic rings. The van der Waals surface area contributed by atoms with E-state index in [1.807, 2.05) is 0 Å². The Kier molecular flexibility index (Phi) is 3.61. The highest BCUT2D eigenvalue weighted by molar-refractivity contribution is 5.72. The minimum absolute atomic E-state index is 0.944. The minimum Gasteiger partial charge on any atom is -0.496 e. The quantitative estimate of drug-likeness (QED) is 0.750. The summed E-state index contributed by atoms with van der Waals surface area (Å²) in [5.74, 6) is 0.944. The lowest BCUT2D eigenvalue weighted by molar-refractivity contribution is -0.661. The van der Waals surface area contributed by atoms with Gasteiger partial charge in [0.2, 0.25) is 5.69 Å². The molecule has 1 heterocycles. The van der Waals surface area contributed by atoms with Gasteiger partial charge in [-0.05, 0) is 51.0 Å². The van der Waals surface area contributed by atoms with Crippen molar-refractivity contribution in [3.8, 4) is 17.0 Å². The van der Waals surface area contributed by atoms with Gasteiger partial charge in [-0.2, -0.15) is 0 Å². The van der Waals surface area contributed by atoms with Crippen molar-refractivity contribution in [3.63, 3.8) is 0 Å². The molecule has 0 aliphatic carbocycles. The molecule has 1 aromatic carbocycles. The smallest absolute Gasteiger partial charge is 0.219 e. The number of methoxy groups -OCH3 is 1. The van der Waals surface area contributed by atoms with Crippen LogP contribution < -0.4 is 9.30 Å². The summed E-state index contributed by atoms with van der Waals surface area (Å²) in [6.45, 7) is 8.52. The van der Waals surface area contributed by atoms with Crippen molar-refractivity contribution in [1.82, 2.24) is 0 Å². The van der Waals surface area contributed by atoms with Crippen LogP contribution in [-0.4, -0.2) is 7.11 Å². The summed E-state index contributed by atoms with van der Waals surface area (Å²) in [7, 11) is 3.83. The highest BCUT2D eigenvalue weighted by atomic mass is 16.5. The van der Waals surface area contributed by atoms with Gasteiger partial charge in [-0.3, -0.25) is 0 Å². The third kappa shape index (κ3) is 2.48. The number of hydrogen-bond donors (Lipinski definition) is 0. The first kappa shape index (κ1) is 13.6. The molecule has 0 radical (unpaired) electrons. The Labute approximate surface area is 115 Å². The summed E-state index contributed by atoms with van der Waals surface area (Å²) in [5, 5.41) is 0. The number of rotatable bonds is 2. The van der Waals surface area contributed by atoms with Crippen molar-refractivity contribution in [2.45, 2.75) is 27.7 Å². The summed E-state index contributed by atoms with van der Waals surface area (Å²) in [6, 6.07) is 6.52.